The lowest BCUT2D eigenvalue weighted by Gasteiger charge is -2.13. The second-order valence-corrected chi connectivity index (χ2v) is 3.20. The lowest BCUT2D eigenvalue weighted by atomic mass is 10.1. The van der Waals surface area contributed by atoms with E-state index in [1.54, 1.807) is 12.3 Å². The molecule has 1 aromatic rings. The fraction of sp³-hybridized carbons (Fsp3) is 0.429. The van der Waals surface area contributed by atoms with Crippen molar-refractivity contribution in [1.82, 2.24) is 0 Å². The van der Waals surface area contributed by atoms with Crippen molar-refractivity contribution in [3.8, 4) is 0 Å². The van der Waals surface area contributed by atoms with Gasteiger partial charge in [0.05, 0.1) is 0 Å². The van der Waals surface area contributed by atoms with Crippen LogP contribution in [-0.2, 0) is 0 Å². The molecular weight excluding hydrogens is 189 g/mol. The quantitative estimate of drug-likeness (QED) is 0.732. The predicted octanol–water partition coefficient (Wildman–Crippen LogP) is 2.65. The van der Waals surface area contributed by atoms with Gasteiger partial charge in [-0.25, -0.2) is 0 Å². The van der Waals surface area contributed by atoms with Crippen molar-refractivity contribution in [2.45, 2.75) is 19.2 Å². The standard InChI is InChI=1S/C7H7F3OS/c1-4-2-12-3-5(4)6(11)7(8,9)10/h2-3,6,11H,1H3/t6-/m0/s1. The molecular formula is C7H7F3OS. The number of hydrogen-bond donors (Lipinski definition) is 1. The lowest BCUT2D eigenvalue weighted by Crippen LogP contribution is -2.20. The van der Waals surface area contributed by atoms with Gasteiger partial charge < -0.3 is 5.11 Å². The topological polar surface area (TPSA) is 20.2 Å². The average molecular weight is 196 g/mol. The van der Waals surface area contributed by atoms with Crippen LogP contribution in [0.2, 0.25) is 0 Å². The molecule has 12 heavy (non-hydrogen) atoms. The molecule has 0 unspecified atom stereocenters. The molecule has 0 spiro atoms. The molecule has 0 aromatic carbocycles. The summed E-state index contributed by atoms with van der Waals surface area (Å²) in [4.78, 5) is 0. The fourth-order valence-corrected chi connectivity index (χ4v) is 1.70. The Morgan fingerprint density at radius 2 is 2.00 bits per heavy atom. The van der Waals surface area contributed by atoms with Gasteiger partial charge in [-0.15, -0.1) is 0 Å². The number of halogens is 3. The third-order valence-electron chi connectivity index (χ3n) is 1.50. The van der Waals surface area contributed by atoms with E-state index in [0.717, 1.165) is 11.3 Å². The first-order chi connectivity index (χ1) is 5.43. The fourth-order valence-electron chi connectivity index (χ4n) is 0.827. The monoisotopic (exact) mass is 196 g/mol. The van der Waals surface area contributed by atoms with Crippen LogP contribution in [0.25, 0.3) is 0 Å². The summed E-state index contributed by atoms with van der Waals surface area (Å²) in [5, 5.41) is 11.7. The minimum absolute atomic E-state index is 0.0486. The van der Waals surface area contributed by atoms with Crippen LogP contribution in [0.5, 0.6) is 0 Å². The number of hydrogen-bond acceptors (Lipinski definition) is 2. The maximum Gasteiger partial charge on any atom is 0.418 e. The largest absolute Gasteiger partial charge is 0.418 e. The Kier molecular flexibility index (Phi) is 2.44. The molecule has 68 valence electrons. The zero-order valence-electron chi connectivity index (χ0n) is 6.22. The van der Waals surface area contributed by atoms with E-state index in [9.17, 15) is 13.2 Å². The van der Waals surface area contributed by atoms with E-state index < -0.39 is 12.3 Å². The third-order valence-corrected chi connectivity index (χ3v) is 2.38. The van der Waals surface area contributed by atoms with Crippen molar-refractivity contribution in [2.75, 3.05) is 0 Å². The minimum atomic E-state index is -4.56. The highest BCUT2D eigenvalue weighted by atomic mass is 32.1. The number of alkyl halides is 3. The first-order valence-electron chi connectivity index (χ1n) is 3.20. The summed E-state index contributed by atoms with van der Waals surface area (Å²) < 4.78 is 35.8. The molecule has 1 heterocycles. The highest BCUT2D eigenvalue weighted by molar-refractivity contribution is 7.08. The Labute approximate surface area is 71.5 Å². The number of aliphatic hydroxyl groups excluding tert-OH is 1. The van der Waals surface area contributed by atoms with Crippen molar-refractivity contribution >= 4 is 11.3 Å². The summed E-state index contributed by atoms with van der Waals surface area (Å²) in [6.07, 6.45) is -6.91. The van der Waals surface area contributed by atoms with E-state index in [1.165, 1.54) is 5.38 Å². The normalized spacial score (nSPS) is 14.8. The summed E-state index contributed by atoms with van der Waals surface area (Å²) in [6, 6.07) is 0. The van der Waals surface area contributed by atoms with Crippen LogP contribution in [-0.4, -0.2) is 11.3 Å². The van der Waals surface area contributed by atoms with E-state index >= 15 is 0 Å². The van der Waals surface area contributed by atoms with Crippen molar-refractivity contribution < 1.29 is 18.3 Å². The van der Waals surface area contributed by atoms with E-state index in [4.69, 9.17) is 5.11 Å². The summed E-state index contributed by atoms with van der Waals surface area (Å²) in [5.41, 5.74) is 0.428. The molecule has 0 saturated heterocycles. The van der Waals surface area contributed by atoms with Crippen LogP contribution >= 0.6 is 11.3 Å². The molecule has 0 saturated carbocycles. The minimum Gasteiger partial charge on any atom is -0.379 e. The van der Waals surface area contributed by atoms with Crippen molar-refractivity contribution in [3.63, 3.8) is 0 Å². The summed E-state index contributed by atoms with van der Waals surface area (Å²) in [7, 11) is 0. The number of rotatable bonds is 1. The average Bonchev–Trinajstić information content (AvgIpc) is 2.31. The van der Waals surface area contributed by atoms with Crippen LogP contribution in [0.15, 0.2) is 10.8 Å². The smallest absolute Gasteiger partial charge is 0.379 e. The molecule has 1 N–H and O–H groups in total. The molecule has 0 aliphatic heterocycles. The predicted molar refractivity (Wildman–Crippen MR) is 40.1 cm³/mol. The highest BCUT2D eigenvalue weighted by Gasteiger charge is 2.40. The first-order valence-corrected chi connectivity index (χ1v) is 4.14. The van der Waals surface area contributed by atoms with Gasteiger partial charge in [0, 0.05) is 5.56 Å². The maximum absolute atomic E-state index is 11.9. The first kappa shape index (κ1) is 9.54. The van der Waals surface area contributed by atoms with Gasteiger partial charge in [-0.05, 0) is 23.2 Å². The Morgan fingerprint density at radius 3 is 2.33 bits per heavy atom. The van der Waals surface area contributed by atoms with Crippen molar-refractivity contribution in [2.24, 2.45) is 0 Å². The molecule has 0 amide bonds. The molecule has 0 bridgehead atoms. The van der Waals surface area contributed by atoms with Crippen LogP contribution in [0.1, 0.15) is 17.2 Å². The highest BCUT2D eigenvalue weighted by Crippen LogP contribution is 2.35. The van der Waals surface area contributed by atoms with Gasteiger partial charge in [-0.3, -0.25) is 0 Å². The van der Waals surface area contributed by atoms with E-state index in [2.05, 4.69) is 0 Å². The second kappa shape index (κ2) is 3.06. The number of aryl methyl sites for hydroxylation is 1. The van der Waals surface area contributed by atoms with Crippen LogP contribution in [0.3, 0.4) is 0 Å². The number of thiophene rings is 1. The van der Waals surface area contributed by atoms with Gasteiger partial charge in [0.1, 0.15) is 0 Å². The summed E-state index contributed by atoms with van der Waals surface area (Å²) >= 11 is 1.15. The molecule has 0 aliphatic carbocycles. The van der Waals surface area contributed by atoms with Crippen LogP contribution in [0, 0.1) is 6.92 Å². The van der Waals surface area contributed by atoms with Gasteiger partial charge in [0.25, 0.3) is 0 Å². The third kappa shape index (κ3) is 1.78. The van der Waals surface area contributed by atoms with Gasteiger partial charge in [0.2, 0.25) is 0 Å². The van der Waals surface area contributed by atoms with E-state index in [1.807, 2.05) is 0 Å². The Bertz CT molecular complexity index is 266. The molecule has 1 aromatic heterocycles. The lowest BCUT2D eigenvalue weighted by molar-refractivity contribution is -0.206. The van der Waals surface area contributed by atoms with Gasteiger partial charge in [0.15, 0.2) is 6.10 Å². The SMILES string of the molecule is Cc1cscc1[C@H](O)C(F)(F)F. The number of aliphatic hydroxyl groups is 1. The van der Waals surface area contributed by atoms with Crippen LogP contribution in [0.4, 0.5) is 13.2 Å². The zero-order chi connectivity index (χ0) is 9.35. The zero-order valence-corrected chi connectivity index (χ0v) is 7.04. The molecule has 0 aliphatic rings. The molecule has 1 rings (SSSR count). The molecule has 1 nitrogen and oxygen atoms in total. The van der Waals surface area contributed by atoms with Crippen molar-refractivity contribution in [1.29, 1.82) is 0 Å². The van der Waals surface area contributed by atoms with Gasteiger partial charge in [-0.2, -0.15) is 24.5 Å². The van der Waals surface area contributed by atoms with E-state index in [0.29, 0.717) is 5.56 Å². The Morgan fingerprint density at radius 1 is 1.42 bits per heavy atom. The second-order valence-electron chi connectivity index (χ2n) is 2.45. The molecule has 0 radical (unpaired) electrons. The summed E-state index contributed by atoms with van der Waals surface area (Å²) in [5.74, 6) is 0. The molecule has 1 atom stereocenters. The van der Waals surface area contributed by atoms with Gasteiger partial charge >= 0.3 is 6.18 Å². The maximum atomic E-state index is 11.9. The van der Waals surface area contributed by atoms with Crippen LogP contribution < -0.4 is 0 Å². The Balaban J connectivity index is 2.92. The molecule has 0 fully saturated rings. The van der Waals surface area contributed by atoms with E-state index in [-0.39, 0.29) is 5.56 Å². The van der Waals surface area contributed by atoms with Gasteiger partial charge in [-0.1, -0.05) is 0 Å². The summed E-state index contributed by atoms with van der Waals surface area (Å²) in [6.45, 7) is 1.54. The van der Waals surface area contributed by atoms with Crippen molar-refractivity contribution in [3.05, 3.63) is 21.9 Å². The molecule has 5 heteroatoms. The Hall–Kier alpha value is -0.550.